The Morgan fingerprint density at radius 2 is 2.03 bits per heavy atom. The van der Waals surface area contributed by atoms with Gasteiger partial charge >= 0.3 is 0 Å². The van der Waals surface area contributed by atoms with Crippen molar-refractivity contribution in [1.29, 1.82) is 0 Å². The van der Waals surface area contributed by atoms with Gasteiger partial charge in [-0.1, -0.05) is 12.2 Å². The zero-order valence-corrected chi connectivity index (χ0v) is 19.6. The van der Waals surface area contributed by atoms with Gasteiger partial charge in [-0.15, -0.1) is 0 Å². The van der Waals surface area contributed by atoms with Crippen LogP contribution < -0.4 is 10.6 Å². The topological polar surface area (TPSA) is 108 Å². The highest BCUT2D eigenvalue weighted by Gasteiger charge is 2.41. The molecule has 2 N–H and O–H groups in total. The summed E-state index contributed by atoms with van der Waals surface area (Å²) in [4.78, 5) is 46.0. The quantitative estimate of drug-likeness (QED) is 0.650. The second-order valence-corrected chi connectivity index (χ2v) is 9.70. The lowest BCUT2D eigenvalue weighted by molar-refractivity contribution is -0.140. The highest BCUT2D eigenvalue weighted by Crippen LogP contribution is 2.36. The van der Waals surface area contributed by atoms with E-state index in [4.69, 9.17) is 4.42 Å². The highest BCUT2D eigenvalue weighted by molar-refractivity contribution is 5.88. The van der Waals surface area contributed by atoms with Crippen molar-refractivity contribution in [2.75, 3.05) is 32.7 Å². The number of carbonyl (C=O) groups is 3. The molecule has 0 aromatic carbocycles. The Balaban J connectivity index is 1.44. The van der Waals surface area contributed by atoms with E-state index < -0.39 is 5.41 Å². The van der Waals surface area contributed by atoms with Crippen molar-refractivity contribution >= 4 is 17.7 Å². The van der Waals surface area contributed by atoms with Crippen molar-refractivity contribution in [2.24, 2.45) is 11.3 Å². The monoisotopic (exact) mass is 457 g/mol. The molecule has 0 unspecified atom stereocenters. The second kappa shape index (κ2) is 10.1. The van der Waals surface area contributed by atoms with Crippen LogP contribution in [0.2, 0.25) is 0 Å². The van der Waals surface area contributed by atoms with Gasteiger partial charge in [-0.25, -0.2) is 4.98 Å². The molecule has 9 nitrogen and oxygen atoms in total. The van der Waals surface area contributed by atoms with E-state index in [1.807, 2.05) is 6.92 Å². The van der Waals surface area contributed by atoms with E-state index in [2.05, 4.69) is 32.7 Å². The minimum atomic E-state index is -0.565. The molecule has 3 aliphatic rings. The maximum atomic E-state index is 13.1. The van der Waals surface area contributed by atoms with E-state index in [0.29, 0.717) is 38.2 Å². The predicted octanol–water partition coefficient (Wildman–Crippen LogP) is 1.38. The summed E-state index contributed by atoms with van der Waals surface area (Å²) in [7, 11) is 0. The lowest BCUT2D eigenvalue weighted by Gasteiger charge is -2.41. The van der Waals surface area contributed by atoms with Gasteiger partial charge < -0.3 is 20.0 Å². The molecule has 1 aromatic rings. The molecule has 0 radical (unpaired) electrons. The number of nitrogens with one attached hydrogen (secondary N) is 2. The number of hydrogen-bond acceptors (Lipinski definition) is 6. The molecule has 3 amide bonds. The number of aromatic nitrogens is 1. The van der Waals surface area contributed by atoms with E-state index in [1.165, 1.54) is 0 Å². The summed E-state index contributed by atoms with van der Waals surface area (Å²) in [6, 6.07) is 0.0848. The molecule has 33 heavy (non-hydrogen) atoms. The summed E-state index contributed by atoms with van der Waals surface area (Å²) in [6.07, 6.45) is 9.57. The Morgan fingerprint density at radius 1 is 1.24 bits per heavy atom. The predicted molar refractivity (Wildman–Crippen MR) is 122 cm³/mol. The number of piperidine rings is 2. The smallest absolute Gasteiger partial charge is 0.239 e. The fraction of sp³-hybridized carbons (Fsp3) is 0.667. The number of hydrogen-bond donors (Lipinski definition) is 2. The second-order valence-electron chi connectivity index (χ2n) is 9.70. The molecule has 0 aliphatic carbocycles. The number of nitrogens with zero attached hydrogens (tertiary/aromatic N) is 3. The van der Waals surface area contributed by atoms with Crippen LogP contribution in [-0.4, -0.2) is 71.3 Å². The van der Waals surface area contributed by atoms with Gasteiger partial charge in [0.15, 0.2) is 5.89 Å². The van der Waals surface area contributed by atoms with Crippen LogP contribution in [-0.2, 0) is 20.9 Å². The van der Waals surface area contributed by atoms with Gasteiger partial charge in [0.1, 0.15) is 6.26 Å². The fourth-order valence-electron chi connectivity index (χ4n) is 5.35. The van der Waals surface area contributed by atoms with Crippen LogP contribution >= 0.6 is 0 Å². The van der Waals surface area contributed by atoms with Crippen molar-refractivity contribution in [1.82, 2.24) is 25.4 Å². The molecular weight excluding hydrogens is 422 g/mol. The summed E-state index contributed by atoms with van der Waals surface area (Å²) >= 11 is 0. The molecule has 0 saturated carbocycles. The number of likely N-dealkylation sites (tertiary alicyclic amines) is 2. The first-order valence-corrected chi connectivity index (χ1v) is 12.0. The molecule has 4 rings (SSSR count). The van der Waals surface area contributed by atoms with Crippen LogP contribution in [0.25, 0.3) is 0 Å². The Morgan fingerprint density at radius 3 is 2.73 bits per heavy atom. The number of rotatable bonds is 2. The average Bonchev–Trinajstić information content (AvgIpc) is 3.20. The molecule has 1 aromatic heterocycles. The van der Waals surface area contributed by atoms with Gasteiger partial charge in [-0.2, -0.15) is 0 Å². The van der Waals surface area contributed by atoms with E-state index in [0.717, 1.165) is 38.2 Å². The maximum Gasteiger partial charge on any atom is 0.239 e. The molecule has 4 heterocycles. The Kier molecular flexibility index (Phi) is 7.17. The SMILES string of the molecule is CC(=O)N1CCC2(C/C=C/C[C@H]3CN(Cc4coc(C)n4)CC[C@H]3NC(=O)CNC2=O)CC1. The Bertz CT molecular complexity index is 902. The van der Waals surface area contributed by atoms with Crippen molar-refractivity contribution in [3.63, 3.8) is 0 Å². The molecule has 1 spiro atoms. The van der Waals surface area contributed by atoms with E-state index in [1.54, 1.807) is 18.1 Å². The van der Waals surface area contributed by atoms with E-state index in [9.17, 15) is 14.4 Å². The third-order valence-electron chi connectivity index (χ3n) is 7.39. The largest absolute Gasteiger partial charge is 0.449 e. The normalized spacial score (nSPS) is 27.6. The van der Waals surface area contributed by atoms with Crippen LogP contribution in [0.4, 0.5) is 0 Å². The summed E-state index contributed by atoms with van der Waals surface area (Å²) in [5.41, 5.74) is 0.366. The molecule has 2 saturated heterocycles. The lowest BCUT2D eigenvalue weighted by atomic mass is 9.74. The number of fused-ring (bicyclic) bond motifs is 1. The summed E-state index contributed by atoms with van der Waals surface area (Å²) in [5.74, 6) is 0.783. The molecule has 3 aliphatic heterocycles. The zero-order chi connectivity index (χ0) is 23.4. The fourth-order valence-corrected chi connectivity index (χ4v) is 5.35. The van der Waals surface area contributed by atoms with E-state index >= 15 is 0 Å². The summed E-state index contributed by atoms with van der Waals surface area (Å²) < 4.78 is 5.34. The lowest BCUT2D eigenvalue weighted by Crippen LogP contribution is -2.54. The average molecular weight is 458 g/mol. The molecule has 180 valence electrons. The first kappa shape index (κ1) is 23.5. The summed E-state index contributed by atoms with van der Waals surface area (Å²) in [6.45, 7) is 7.03. The minimum absolute atomic E-state index is 0.00806. The van der Waals surface area contributed by atoms with Gasteiger partial charge in [0, 0.05) is 52.6 Å². The third kappa shape index (κ3) is 5.63. The highest BCUT2D eigenvalue weighted by atomic mass is 16.3. The van der Waals surface area contributed by atoms with Crippen molar-refractivity contribution in [2.45, 2.75) is 58.5 Å². The van der Waals surface area contributed by atoms with Gasteiger partial charge in [0.2, 0.25) is 17.7 Å². The van der Waals surface area contributed by atoms with Crippen LogP contribution in [0.1, 0.15) is 50.6 Å². The molecular formula is C24H35N5O4. The van der Waals surface area contributed by atoms with Crippen LogP contribution in [0.15, 0.2) is 22.8 Å². The number of allylic oxidation sites excluding steroid dienone is 2. The summed E-state index contributed by atoms with van der Waals surface area (Å²) in [5, 5.41) is 6.03. The van der Waals surface area contributed by atoms with Crippen molar-refractivity contribution in [3.8, 4) is 0 Å². The van der Waals surface area contributed by atoms with Gasteiger partial charge in [-0.3, -0.25) is 19.3 Å². The van der Waals surface area contributed by atoms with Crippen LogP contribution in [0.3, 0.4) is 0 Å². The van der Waals surface area contributed by atoms with Gasteiger partial charge in [0.25, 0.3) is 0 Å². The van der Waals surface area contributed by atoms with E-state index in [-0.39, 0.29) is 36.2 Å². The number of aryl methyl sites for hydroxylation is 1. The van der Waals surface area contributed by atoms with Crippen molar-refractivity contribution < 1.29 is 18.8 Å². The molecule has 0 bridgehead atoms. The molecule has 2 fully saturated rings. The Labute approximate surface area is 195 Å². The first-order valence-electron chi connectivity index (χ1n) is 12.0. The number of carbonyl (C=O) groups excluding carboxylic acids is 3. The van der Waals surface area contributed by atoms with Crippen molar-refractivity contribution in [3.05, 3.63) is 30.0 Å². The van der Waals surface area contributed by atoms with Gasteiger partial charge in [0.05, 0.1) is 17.7 Å². The molecule has 9 heteroatoms. The first-order chi connectivity index (χ1) is 15.8. The third-order valence-corrected chi connectivity index (χ3v) is 7.39. The zero-order valence-electron chi connectivity index (χ0n) is 19.6. The molecule has 2 atom stereocenters. The van der Waals surface area contributed by atoms with Gasteiger partial charge in [-0.05, 0) is 38.0 Å². The Hall–Kier alpha value is -2.68. The maximum absolute atomic E-state index is 13.1. The number of oxazole rings is 1. The van der Waals surface area contributed by atoms with Crippen LogP contribution in [0.5, 0.6) is 0 Å². The standard InChI is InChI=1S/C24H35N5O4/c1-17-26-20(16-33-17)15-28-10-6-21-19(14-28)5-3-4-7-24(23(32)25-13-22(31)27-21)8-11-29(12-9-24)18(2)30/h3-4,16,19,21H,5-15H2,1-2H3,(H,25,32)(H,27,31)/b4-3+/t19-,21+/m0/s1. The van der Waals surface area contributed by atoms with Crippen LogP contribution in [0, 0.1) is 18.3 Å². The number of amides is 3. The minimum Gasteiger partial charge on any atom is -0.449 e.